The van der Waals surface area contributed by atoms with E-state index in [0.717, 1.165) is 17.0 Å². The monoisotopic (exact) mass is 482 g/mol. The number of amides is 2. The third-order valence-corrected chi connectivity index (χ3v) is 5.45. The lowest BCUT2D eigenvalue weighted by Crippen LogP contribution is -2.43. The van der Waals surface area contributed by atoms with Crippen molar-refractivity contribution in [3.8, 4) is 11.5 Å². The van der Waals surface area contributed by atoms with Gasteiger partial charge in [0.15, 0.2) is 5.75 Å². The standard InChI is InChI=1S/C26H27FN2O6/c1-14(2)23(30)29(17-12-10-16(27)11-13-17)25(32)21-22(35-26(33)15(3)4)20-18(28(5)24(21)31)8-7-9-19(20)34-6/h7-15H,1-6H3. The summed E-state index contributed by atoms with van der Waals surface area (Å²) >= 11 is 0. The number of esters is 1. The molecule has 1 aromatic heterocycles. The number of imide groups is 1. The van der Waals surface area contributed by atoms with Gasteiger partial charge in [-0.15, -0.1) is 0 Å². The number of anilines is 1. The smallest absolute Gasteiger partial charge is 0.313 e. The zero-order valence-corrected chi connectivity index (χ0v) is 20.4. The first-order valence-electron chi connectivity index (χ1n) is 11.0. The number of fused-ring (bicyclic) bond motifs is 1. The lowest BCUT2D eigenvalue weighted by molar-refractivity contribution is -0.137. The number of halogens is 1. The number of carbonyl (C=O) groups is 3. The molecule has 3 rings (SSSR count). The summed E-state index contributed by atoms with van der Waals surface area (Å²) in [6.07, 6.45) is 0. The molecule has 2 aromatic carbocycles. The highest BCUT2D eigenvalue weighted by Gasteiger charge is 2.34. The van der Waals surface area contributed by atoms with E-state index >= 15 is 0 Å². The number of carbonyl (C=O) groups excluding carboxylic acids is 3. The molecule has 35 heavy (non-hydrogen) atoms. The maximum Gasteiger partial charge on any atom is 0.313 e. The van der Waals surface area contributed by atoms with E-state index in [-0.39, 0.29) is 22.6 Å². The van der Waals surface area contributed by atoms with E-state index in [1.54, 1.807) is 45.9 Å². The lowest BCUT2D eigenvalue weighted by atomic mass is 10.1. The van der Waals surface area contributed by atoms with Crippen LogP contribution in [0.4, 0.5) is 10.1 Å². The number of hydrogen-bond donors (Lipinski definition) is 0. The third-order valence-electron chi connectivity index (χ3n) is 5.45. The summed E-state index contributed by atoms with van der Waals surface area (Å²) in [5.74, 6) is -4.10. The Kier molecular flexibility index (Phi) is 7.38. The van der Waals surface area contributed by atoms with Crippen LogP contribution in [0.15, 0.2) is 47.3 Å². The molecule has 0 unspecified atom stereocenters. The molecule has 184 valence electrons. The van der Waals surface area contributed by atoms with Gasteiger partial charge in [0.1, 0.15) is 17.1 Å². The van der Waals surface area contributed by atoms with Crippen molar-refractivity contribution in [3.63, 3.8) is 0 Å². The van der Waals surface area contributed by atoms with Crippen molar-refractivity contribution in [3.05, 3.63) is 64.2 Å². The summed E-state index contributed by atoms with van der Waals surface area (Å²) in [5, 5.41) is 0.227. The fourth-order valence-corrected chi connectivity index (χ4v) is 3.51. The molecular weight excluding hydrogens is 455 g/mol. The van der Waals surface area contributed by atoms with Crippen LogP contribution >= 0.6 is 0 Å². The van der Waals surface area contributed by atoms with Gasteiger partial charge in [-0.25, -0.2) is 9.29 Å². The van der Waals surface area contributed by atoms with Crippen molar-refractivity contribution in [2.75, 3.05) is 12.0 Å². The van der Waals surface area contributed by atoms with Crippen LogP contribution in [0, 0.1) is 17.7 Å². The number of hydrogen-bond acceptors (Lipinski definition) is 6. The average molecular weight is 483 g/mol. The van der Waals surface area contributed by atoms with E-state index in [1.165, 1.54) is 30.9 Å². The Bertz CT molecular complexity index is 1360. The number of aromatic nitrogens is 1. The van der Waals surface area contributed by atoms with Crippen LogP contribution in [-0.4, -0.2) is 29.5 Å². The molecule has 0 spiro atoms. The van der Waals surface area contributed by atoms with Gasteiger partial charge in [-0.2, -0.15) is 0 Å². The molecule has 0 radical (unpaired) electrons. The molecule has 0 bridgehead atoms. The second kappa shape index (κ2) is 10.1. The van der Waals surface area contributed by atoms with E-state index in [0.29, 0.717) is 5.52 Å². The largest absolute Gasteiger partial charge is 0.496 e. The number of rotatable bonds is 6. The minimum Gasteiger partial charge on any atom is -0.496 e. The molecule has 0 atom stereocenters. The normalized spacial score (nSPS) is 11.1. The molecule has 1 heterocycles. The first-order chi connectivity index (χ1) is 16.5. The zero-order valence-electron chi connectivity index (χ0n) is 20.4. The molecule has 2 amide bonds. The minimum absolute atomic E-state index is 0.0680. The van der Waals surface area contributed by atoms with Crippen LogP contribution in [0.3, 0.4) is 0 Å². The topological polar surface area (TPSA) is 94.9 Å². The van der Waals surface area contributed by atoms with Crippen LogP contribution in [0.2, 0.25) is 0 Å². The Labute approximate surface area is 201 Å². The van der Waals surface area contributed by atoms with Crippen molar-refractivity contribution < 1.29 is 28.2 Å². The first kappa shape index (κ1) is 25.6. The maximum absolute atomic E-state index is 13.9. The molecule has 0 N–H and O–H groups in total. The Hall–Kier alpha value is -4.01. The van der Waals surface area contributed by atoms with Crippen molar-refractivity contribution >= 4 is 34.4 Å². The Morgan fingerprint density at radius 1 is 0.971 bits per heavy atom. The number of ether oxygens (including phenoxy) is 2. The van der Waals surface area contributed by atoms with Gasteiger partial charge in [0, 0.05) is 13.0 Å². The van der Waals surface area contributed by atoms with Crippen molar-refractivity contribution in [2.45, 2.75) is 27.7 Å². The minimum atomic E-state index is -1.00. The van der Waals surface area contributed by atoms with Crippen LogP contribution in [0.25, 0.3) is 10.9 Å². The van der Waals surface area contributed by atoms with E-state index in [1.807, 2.05) is 0 Å². The van der Waals surface area contributed by atoms with Gasteiger partial charge >= 0.3 is 5.97 Å². The quantitative estimate of drug-likeness (QED) is 0.492. The second-order valence-electron chi connectivity index (χ2n) is 8.61. The summed E-state index contributed by atoms with van der Waals surface area (Å²) in [4.78, 5) is 54.0. The molecule has 0 aliphatic rings. The van der Waals surface area contributed by atoms with Crippen LogP contribution in [0.5, 0.6) is 11.5 Å². The summed E-state index contributed by atoms with van der Waals surface area (Å²) in [7, 11) is 2.87. The van der Waals surface area contributed by atoms with Crippen molar-refractivity contribution in [1.29, 1.82) is 0 Å². The van der Waals surface area contributed by atoms with E-state index in [4.69, 9.17) is 9.47 Å². The molecule has 0 saturated carbocycles. The summed E-state index contributed by atoms with van der Waals surface area (Å²) in [6, 6.07) is 9.61. The zero-order chi connectivity index (χ0) is 26.0. The van der Waals surface area contributed by atoms with E-state index in [9.17, 15) is 23.6 Å². The molecule has 0 saturated heterocycles. The Morgan fingerprint density at radius 3 is 2.14 bits per heavy atom. The number of pyridine rings is 1. The third kappa shape index (κ3) is 4.80. The van der Waals surface area contributed by atoms with Gasteiger partial charge in [-0.1, -0.05) is 33.8 Å². The molecule has 8 nitrogen and oxygen atoms in total. The predicted molar refractivity (Wildman–Crippen MR) is 129 cm³/mol. The summed E-state index contributed by atoms with van der Waals surface area (Å²) < 4.78 is 25.9. The molecule has 9 heteroatoms. The van der Waals surface area contributed by atoms with Gasteiger partial charge in [0.05, 0.1) is 29.6 Å². The number of benzene rings is 2. The Balaban J connectivity index is 2.41. The highest BCUT2D eigenvalue weighted by atomic mass is 19.1. The maximum atomic E-state index is 13.9. The lowest BCUT2D eigenvalue weighted by Gasteiger charge is -2.25. The first-order valence-corrected chi connectivity index (χ1v) is 11.0. The van der Waals surface area contributed by atoms with Crippen LogP contribution < -0.4 is 19.9 Å². The predicted octanol–water partition coefficient (Wildman–Crippen LogP) is 4.08. The fourth-order valence-electron chi connectivity index (χ4n) is 3.51. The molecule has 3 aromatic rings. The number of aryl methyl sites for hydroxylation is 1. The molecule has 0 aliphatic heterocycles. The Morgan fingerprint density at radius 2 is 1.60 bits per heavy atom. The molecule has 0 fully saturated rings. The SMILES string of the molecule is COc1cccc2c1c(OC(=O)C(C)C)c(C(=O)N(C(=O)C(C)C)c1ccc(F)cc1)c(=O)n2C. The van der Waals surface area contributed by atoms with Gasteiger partial charge < -0.3 is 14.0 Å². The average Bonchev–Trinajstić information content (AvgIpc) is 2.82. The molecular formula is C26H27FN2O6. The highest BCUT2D eigenvalue weighted by Crippen LogP contribution is 2.36. The van der Waals surface area contributed by atoms with Crippen LogP contribution in [-0.2, 0) is 16.6 Å². The number of nitrogens with zero attached hydrogens (tertiary/aromatic N) is 2. The highest BCUT2D eigenvalue weighted by molar-refractivity contribution is 6.23. The van der Waals surface area contributed by atoms with Gasteiger partial charge in [0.2, 0.25) is 5.91 Å². The van der Waals surface area contributed by atoms with Gasteiger partial charge in [-0.3, -0.25) is 19.2 Å². The van der Waals surface area contributed by atoms with Crippen molar-refractivity contribution in [2.24, 2.45) is 18.9 Å². The number of methoxy groups -OCH3 is 1. The fraction of sp³-hybridized carbons (Fsp3) is 0.308. The summed E-state index contributed by atoms with van der Waals surface area (Å²) in [6.45, 7) is 6.40. The van der Waals surface area contributed by atoms with Crippen LogP contribution in [0.1, 0.15) is 38.1 Å². The van der Waals surface area contributed by atoms with Gasteiger partial charge in [0.25, 0.3) is 11.5 Å². The van der Waals surface area contributed by atoms with E-state index in [2.05, 4.69) is 0 Å². The molecule has 0 aliphatic carbocycles. The van der Waals surface area contributed by atoms with Crippen molar-refractivity contribution in [1.82, 2.24) is 4.57 Å². The van der Waals surface area contributed by atoms with Gasteiger partial charge in [-0.05, 0) is 36.4 Å². The van der Waals surface area contributed by atoms with E-state index < -0.39 is 46.6 Å². The second-order valence-corrected chi connectivity index (χ2v) is 8.61. The summed E-state index contributed by atoms with van der Waals surface area (Å²) in [5.41, 5.74) is -0.859.